The molecule has 0 aromatic heterocycles. The minimum absolute atomic E-state index is 0.120. The molecule has 0 aliphatic carbocycles. The fourth-order valence-corrected chi connectivity index (χ4v) is 0.855. The van der Waals surface area contributed by atoms with E-state index in [1.165, 1.54) is 5.32 Å². The molecule has 0 fully saturated rings. The number of rotatable bonds is 5. The van der Waals surface area contributed by atoms with Crippen LogP contribution in [0.1, 0.15) is 0 Å². The quantitative estimate of drug-likeness (QED) is 0.725. The number of nitrogens with zero attached hydrogens (tertiary/aromatic N) is 1. The summed E-state index contributed by atoms with van der Waals surface area (Å²) in [7, 11) is 0. The summed E-state index contributed by atoms with van der Waals surface area (Å²) in [4.78, 5) is 21.1. The number of hydrogen-bond donors (Lipinski definition) is 2. The molecule has 0 rings (SSSR count). The van der Waals surface area contributed by atoms with Crippen molar-refractivity contribution in [1.82, 2.24) is 10.2 Å². The van der Waals surface area contributed by atoms with E-state index in [9.17, 15) is 31.5 Å². The molecule has 0 spiro atoms. The van der Waals surface area contributed by atoms with Crippen molar-refractivity contribution in [3.8, 4) is 0 Å². The molecule has 0 atom stereocenters. The second-order valence-electron chi connectivity index (χ2n) is 2.94. The van der Waals surface area contributed by atoms with Crippen LogP contribution in [-0.4, -0.2) is 54.2 Å². The average Bonchev–Trinajstić information content (AvgIpc) is 2.09. The first-order valence-corrected chi connectivity index (χ1v) is 4.21. The van der Waals surface area contributed by atoms with Crippen molar-refractivity contribution in [3.63, 3.8) is 0 Å². The number of carboxylic acids is 1. The summed E-state index contributed by atoms with van der Waals surface area (Å²) < 4.78 is 59.2. The molecule has 10 heteroatoms. The number of aliphatic carboxylic acids is 1. The average molecular weight is 264 g/mol. The largest absolute Gasteiger partial charge is 0.480 e. The van der Waals surface area contributed by atoms with Crippen LogP contribution in [0, 0.1) is 0 Å². The first-order chi connectivity index (χ1) is 7.61. The Balaban J connectivity index is 4.45. The van der Waals surface area contributed by atoms with Crippen LogP contribution in [-0.2, 0) is 4.79 Å². The minimum Gasteiger partial charge on any atom is -0.480 e. The zero-order valence-corrected chi connectivity index (χ0v) is 8.30. The summed E-state index contributed by atoms with van der Waals surface area (Å²) in [5.41, 5.74) is 0. The maximum Gasteiger partial charge on any atom is 0.406 e. The van der Waals surface area contributed by atoms with Gasteiger partial charge in [0.15, 0.2) is 0 Å². The predicted molar refractivity (Wildman–Crippen MR) is 44.7 cm³/mol. The lowest BCUT2D eigenvalue weighted by molar-refractivity contribution is -0.148. The summed E-state index contributed by atoms with van der Waals surface area (Å²) >= 11 is 0. The molecule has 5 nitrogen and oxygen atoms in total. The molecular weight excluding hydrogens is 255 g/mol. The molecule has 0 saturated heterocycles. The lowest BCUT2D eigenvalue weighted by atomic mass is 10.4. The Kier molecular flexibility index (Phi) is 5.62. The van der Waals surface area contributed by atoms with Gasteiger partial charge in [0.1, 0.15) is 13.1 Å². The number of nitrogens with one attached hydrogen (secondary N) is 1. The summed E-state index contributed by atoms with van der Waals surface area (Å²) in [6, 6.07) is -1.51. The van der Waals surface area contributed by atoms with Crippen molar-refractivity contribution in [3.05, 3.63) is 0 Å². The zero-order chi connectivity index (χ0) is 13.6. The molecule has 100 valence electrons. The van der Waals surface area contributed by atoms with Gasteiger partial charge >= 0.3 is 18.2 Å². The summed E-state index contributed by atoms with van der Waals surface area (Å²) in [6.45, 7) is -4.20. The van der Waals surface area contributed by atoms with E-state index in [1.54, 1.807) is 0 Å². The Bertz CT molecular complexity index is 281. The van der Waals surface area contributed by atoms with Crippen LogP contribution in [0.15, 0.2) is 0 Å². The highest BCUT2D eigenvalue weighted by atomic mass is 19.4. The number of alkyl halides is 5. The summed E-state index contributed by atoms with van der Waals surface area (Å²) in [5, 5.41) is 9.75. The molecule has 0 unspecified atom stereocenters. The number of carbonyl (C=O) groups excluding carboxylic acids is 1. The molecule has 2 N–H and O–H groups in total. The number of amides is 2. The van der Waals surface area contributed by atoms with E-state index in [1.807, 2.05) is 0 Å². The van der Waals surface area contributed by atoms with Crippen LogP contribution >= 0.6 is 0 Å². The Morgan fingerprint density at radius 1 is 1.29 bits per heavy atom. The van der Waals surface area contributed by atoms with Crippen molar-refractivity contribution in [1.29, 1.82) is 0 Å². The molecule has 0 bridgehead atoms. The van der Waals surface area contributed by atoms with Crippen LogP contribution in [0.2, 0.25) is 0 Å². The van der Waals surface area contributed by atoms with Gasteiger partial charge in [0.2, 0.25) is 0 Å². The van der Waals surface area contributed by atoms with Crippen LogP contribution in [0.5, 0.6) is 0 Å². The van der Waals surface area contributed by atoms with Crippen LogP contribution in [0.4, 0.5) is 26.7 Å². The minimum atomic E-state index is -4.81. The summed E-state index contributed by atoms with van der Waals surface area (Å²) in [5.74, 6) is -1.68. The van der Waals surface area contributed by atoms with E-state index >= 15 is 0 Å². The molecule has 0 saturated carbocycles. The first kappa shape index (κ1) is 15.4. The smallest absolute Gasteiger partial charge is 0.406 e. The second-order valence-corrected chi connectivity index (χ2v) is 2.94. The molecule has 0 aliphatic rings. The number of halogens is 5. The van der Waals surface area contributed by atoms with Crippen molar-refractivity contribution < 1.29 is 36.6 Å². The third-order valence-electron chi connectivity index (χ3n) is 1.39. The standard InChI is InChI=1S/C7H9F5N2O3/c8-4(9)1-13-6(17)14(2-5(15)16)3-7(10,11)12/h4H,1-3H2,(H,13,17)(H,15,16). The number of urea groups is 1. The van der Waals surface area contributed by atoms with Gasteiger partial charge in [-0.1, -0.05) is 0 Å². The van der Waals surface area contributed by atoms with E-state index in [4.69, 9.17) is 5.11 Å². The molecule has 0 aromatic carbocycles. The molecule has 0 aromatic rings. The van der Waals surface area contributed by atoms with E-state index in [2.05, 4.69) is 0 Å². The van der Waals surface area contributed by atoms with Gasteiger partial charge in [0.25, 0.3) is 6.43 Å². The molecule has 0 radical (unpaired) electrons. The maximum absolute atomic E-state index is 12.0. The van der Waals surface area contributed by atoms with E-state index in [-0.39, 0.29) is 4.90 Å². The van der Waals surface area contributed by atoms with Gasteiger partial charge in [-0.3, -0.25) is 4.79 Å². The van der Waals surface area contributed by atoms with E-state index in [0.717, 1.165) is 0 Å². The first-order valence-electron chi connectivity index (χ1n) is 4.21. The van der Waals surface area contributed by atoms with Gasteiger partial charge in [-0.25, -0.2) is 13.6 Å². The van der Waals surface area contributed by atoms with Gasteiger partial charge in [0, 0.05) is 0 Å². The Labute approximate surface area is 92.2 Å². The monoisotopic (exact) mass is 264 g/mol. The van der Waals surface area contributed by atoms with E-state index < -0.39 is 44.2 Å². The van der Waals surface area contributed by atoms with Crippen molar-refractivity contribution in [2.24, 2.45) is 0 Å². The zero-order valence-electron chi connectivity index (χ0n) is 8.30. The van der Waals surface area contributed by atoms with Gasteiger partial charge in [-0.05, 0) is 0 Å². The number of carboxylic acid groups (broad SMARTS) is 1. The highest BCUT2D eigenvalue weighted by Gasteiger charge is 2.34. The third kappa shape index (κ3) is 8.22. The maximum atomic E-state index is 12.0. The van der Waals surface area contributed by atoms with Crippen LogP contribution < -0.4 is 5.32 Å². The molecule has 0 heterocycles. The Morgan fingerprint density at radius 3 is 2.18 bits per heavy atom. The Morgan fingerprint density at radius 2 is 1.82 bits per heavy atom. The lowest BCUT2D eigenvalue weighted by Crippen LogP contribution is -2.48. The Hall–Kier alpha value is -1.61. The van der Waals surface area contributed by atoms with E-state index in [0.29, 0.717) is 0 Å². The molecule has 2 amide bonds. The number of hydrogen-bond acceptors (Lipinski definition) is 2. The van der Waals surface area contributed by atoms with Gasteiger partial charge in [0.05, 0.1) is 6.54 Å². The van der Waals surface area contributed by atoms with Gasteiger partial charge < -0.3 is 15.3 Å². The lowest BCUT2D eigenvalue weighted by Gasteiger charge is -2.22. The normalized spacial score (nSPS) is 11.4. The highest BCUT2D eigenvalue weighted by molar-refractivity contribution is 5.80. The second kappa shape index (κ2) is 6.21. The summed E-state index contributed by atoms with van der Waals surface area (Å²) in [6.07, 6.45) is -7.74. The highest BCUT2D eigenvalue weighted by Crippen LogP contribution is 2.16. The molecule has 0 aliphatic heterocycles. The van der Waals surface area contributed by atoms with Crippen molar-refractivity contribution in [2.45, 2.75) is 12.6 Å². The van der Waals surface area contributed by atoms with Crippen molar-refractivity contribution in [2.75, 3.05) is 19.6 Å². The van der Waals surface area contributed by atoms with Crippen molar-refractivity contribution >= 4 is 12.0 Å². The molecule has 17 heavy (non-hydrogen) atoms. The number of carbonyl (C=O) groups is 2. The fraction of sp³-hybridized carbons (Fsp3) is 0.714. The van der Waals surface area contributed by atoms with Crippen LogP contribution in [0.3, 0.4) is 0 Å². The predicted octanol–water partition coefficient (Wildman–Crippen LogP) is 0.910. The van der Waals surface area contributed by atoms with Gasteiger partial charge in [-0.15, -0.1) is 0 Å². The molecular formula is C7H9F5N2O3. The van der Waals surface area contributed by atoms with Gasteiger partial charge in [-0.2, -0.15) is 13.2 Å². The SMILES string of the molecule is O=C(O)CN(CC(F)(F)F)C(=O)NCC(F)F. The van der Waals surface area contributed by atoms with Crippen LogP contribution in [0.25, 0.3) is 0 Å². The fourth-order valence-electron chi connectivity index (χ4n) is 0.855. The third-order valence-corrected chi connectivity index (χ3v) is 1.39. The topological polar surface area (TPSA) is 69.6 Å².